The molecule has 0 spiro atoms. The number of aromatic nitrogens is 1. The van der Waals surface area contributed by atoms with Gasteiger partial charge < -0.3 is 9.32 Å². The van der Waals surface area contributed by atoms with Crippen LogP contribution < -0.4 is 4.90 Å². The van der Waals surface area contributed by atoms with Crippen LogP contribution in [0.3, 0.4) is 0 Å². The van der Waals surface area contributed by atoms with Crippen LogP contribution in [0.4, 0.5) is 5.69 Å². The molecule has 5 rings (SSSR count). The van der Waals surface area contributed by atoms with Gasteiger partial charge in [0.15, 0.2) is 0 Å². The zero-order valence-electron chi connectivity index (χ0n) is 16.5. The third-order valence-corrected chi connectivity index (χ3v) is 6.15. The molecular weight excluding hydrogens is 382 g/mol. The SMILES string of the molecule is CC(CN1CCN(c2cc(Cl)cc3cccnc23)CC1)c1coc2ccccc12. The Morgan fingerprint density at radius 2 is 1.90 bits per heavy atom. The topological polar surface area (TPSA) is 32.5 Å². The van der Waals surface area contributed by atoms with Gasteiger partial charge in [-0.3, -0.25) is 9.88 Å². The van der Waals surface area contributed by atoms with Crippen molar-refractivity contribution >= 4 is 39.2 Å². The predicted octanol–water partition coefficient (Wildman–Crippen LogP) is 5.56. The monoisotopic (exact) mass is 405 g/mol. The Morgan fingerprint density at radius 3 is 2.76 bits per heavy atom. The van der Waals surface area contributed by atoms with Crippen molar-refractivity contribution in [2.24, 2.45) is 0 Å². The Balaban J connectivity index is 1.29. The summed E-state index contributed by atoms with van der Waals surface area (Å²) in [5.74, 6) is 0.430. The van der Waals surface area contributed by atoms with Gasteiger partial charge in [0.1, 0.15) is 5.58 Å². The molecule has 0 saturated carbocycles. The van der Waals surface area contributed by atoms with E-state index in [2.05, 4.69) is 39.9 Å². The lowest BCUT2D eigenvalue weighted by Crippen LogP contribution is -2.47. The maximum absolute atomic E-state index is 6.37. The number of hydrogen-bond acceptors (Lipinski definition) is 4. The summed E-state index contributed by atoms with van der Waals surface area (Å²) in [4.78, 5) is 9.56. The van der Waals surface area contributed by atoms with Gasteiger partial charge in [0.05, 0.1) is 17.5 Å². The van der Waals surface area contributed by atoms with Crippen molar-refractivity contribution in [1.29, 1.82) is 0 Å². The number of benzene rings is 2. The fourth-order valence-corrected chi connectivity index (χ4v) is 4.64. The first-order valence-electron chi connectivity index (χ1n) is 10.2. The van der Waals surface area contributed by atoms with Crippen molar-refractivity contribution in [1.82, 2.24) is 9.88 Å². The normalized spacial score (nSPS) is 16.6. The number of hydrogen-bond donors (Lipinski definition) is 0. The summed E-state index contributed by atoms with van der Waals surface area (Å²) in [5.41, 5.74) is 4.44. The van der Waals surface area contributed by atoms with Gasteiger partial charge in [-0.15, -0.1) is 0 Å². The summed E-state index contributed by atoms with van der Waals surface area (Å²) in [6.45, 7) is 7.33. The van der Waals surface area contributed by atoms with Gasteiger partial charge in [-0.2, -0.15) is 0 Å². The predicted molar refractivity (Wildman–Crippen MR) is 120 cm³/mol. The molecule has 1 aliphatic heterocycles. The van der Waals surface area contributed by atoms with E-state index >= 15 is 0 Å². The van der Waals surface area contributed by atoms with Gasteiger partial charge in [-0.25, -0.2) is 0 Å². The van der Waals surface area contributed by atoms with Gasteiger partial charge in [0.25, 0.3) is 0 Å². The minimum atomic E-state index is 0.430. The second-order valence-electron chi connectivity index (χ2n) is 7.88. The second kappa shape index (κ2) is 7.69. The Bertz CT molecular complexity index is 1150. The first-order chi connectivity index (χ1) is 14.2. The van der Waals surface area contributed by atoms with Crippen molar-refractivity contribution in [3.8, 4) is 0 Å². The molecule has 5 heteroatoms. The van der Waals surface area contributed by atoms with Crippen molar-refractivity contribution in [2.45, 2.75) is 12.8 Å². The van der Waals surface area contributed by atoms with E-state index in [0.29, 0.717) is 5.92 Å². The molecule has 4 nitrogen and oxygen atoms in total. The van der Waals surface area contributed by atoms with Crippen LogP contribution in [-0.4, -0.2) is 42.6 Å². The van der Waals surface area contributed by atoms with E-state index in [1.165, 1.54) is 10.9 Å². The number of halogens is 1. The van der Waals surface area contributed by atoms with Crippen molar-refractivity contribution < 1.29 is 4.42 Å². The number of piperazine rings is 1. The molecule has 4 aromatic rings. The minimum Gasteiger partial charge on any atom is -0.464 e. The van der Waals surface area contributed by atoms with Crippen LogP contribution in [0.5, 0.6) is 0 Å². The molecule has 1 unspecified atom stereocenters. The Kier molecular flexibility index (Phi) is 4.90. The Hall–Kier alpha value is -2.56. The summed E-state index contributed by atoms with van der Waals surface area (Å²) in [5, 5.41) is 3.09. The van der Waals surface area contributed by atoms with E-state index in [1.54, 1.807) is 0 Å². The lowest BCUT2D eigenvalue weighted by Gasteiger charge is -2.37. The smallest absolute Gasteiger partial charge is 0.134 e. The van der Waals surface area contributed by atoms with E-state index < -0.39 is 0 Å². The first kappa shape index (κ1) is 18.5. The molecule has 148 valence electrons. The molecule has 1 aliphatic rings. The lowest BCUT2D eigenvalue weighted by atomic mass is 9.99. The first-order valence-corrected chi connectivity index (χ1v) is 10.5. The van der Waals surface area contributed by atoms with Crippen LogP contribution in [0.1, 0.15) is 18.4 Å². The molecule has 2 aromatic heterocycles. The molecule has 1 atom stereocenters. The maximum atomic E-state index is 6.37. The van der Waals surface area contributed by atoms with E-state index in [-0.39, 0.29) is 0 Å². The molecule has 0 N–H and O–H groups in total. The molecule has 1 fully saturated rings. The molecule has 2 aromatic carbocycles. The fourth-order valence-electron chi connectivity index (χ4n) is 4.42. The highest BCUT2D eigenvalue weighted by Crippen LogP contribution is 2.31. The largest absolute Gasteiger partial charge is 0.464 e. The van der Waals surface area contributed by atoms with Crippen LogP contribution in [0.15, 0.2) is 65.4 Å². The average Bonchev–Trinajstić information content (AvgIpc) is 3.18. The number of fused-ring (bicyclic) bond motifs is 2. The van der Waals surface area contributed by atoms with Crippen LogP contribution in [-0.2, 0) is 0 Å². The van der Waals surface area contributed by atoms with E-state index in [1.807, 2.05) is 42.8 Å². The quantitative estimate of drug-likeness (QED) is 0.445. The number of nitrogens with zero attached hydrogens (tertiary/aromatic N) is 3. The highest BCUT2D eigenvalue weighted by molar-refractivity contribution is 6.31. The lowest BCUT2D eigenvalue weighted by molar-refractivity contribution is 0.246. The van der Waals surface area contributed by atoms with Crippen LogP contribution in [0.25, 0.3) is 21.9 Å². The van der Waals surface area contributed by atoms with Crippen molar-refractivity contribution in [3.63, 3.8) is 0 Å². The summed E-state index contributed by atoms with van der Waals surface area (Å²) >= 11 is 6.37. The number of anilines is 1. The minimum absolute atomic E-state index is 0.430. The zero-order valence-corrected chi connectivity index (χ0v) is 17.3. The van der Waals surface area contributed by atoms with Crippen LogP contribution in [0, 0.1) is 0 Å². The Labute approximate surface area is 175 Å². The third kappa shape index (κ3) is 3.59. The fraction of sp³-hybridized carbons (Fsp3) is 0.292. The number of furan rings is 1. The molecule has 0 radical (unpaired) electrons. The molecular formula is C24H24ClN3O. The molecule has 3 heterocycles. The molecule has 0 bridgehead atoms. The summed E-state index contributed by atoms with van der Waals surface area (Å²) in [6, 6.07) is 16.4. The summed E-state index contributed by atoms with van der Waals surface area (Å²) < 4.78 is 5.74. The van der Waals surface area contributed by atoms with E-state index in [0.717, 1.165) is 59.9 Å². The summed E-state index contributed by atoms with van der Waals surface area (Å²) in [7, 11) is 0. The highest BCUT2D eigenvalue weighted by atomic mass is 35.5. The average molecular weight is 406 g/mol. The van der Waals surface area contributed by atoms with E-state index in [9.17, 15) is 0 Å². The number of para-hydroxylation sites is 1. The van der Waals surface area contributed by atoms with Gasteiger partial charge in [-0.05, 0) is 30.2 Å². The number of rotatable bonds is 4. The van der Waals surface area contributed by atoms with Crippen LogP contribution >= 0.6 is 11.6 Å². The van der Waals surface area contributed by atoms with Gasteiger partial charge in [0.2, 0.25) is 0 Å². The zero-order chi connectivity index (χ0) is 19.8. The highest BCUT2D eigenvalue weighted by Gasteiger charge is 2.22. The summed E-state index contributed by atoms with van der Waals surface area (Å²) in [6.07, 6.45) is 3.78. The molecule has 0 aliphatic carbocycles. The van der Waals surface area contributed by atoms with E-state index in [4.69, 9.17) is 16.0 Å². The number of pyridine rings is 1. The van der Waals surface area contributed by atoms with Crippen molar-refractivity contribution in [2.75, 3.05) is 37.6 Å². The molecule has 29 heavy (non-hydrogen) atoms. The van der Waals surface area contributed by atoms with Crippen molar-refractivity contribution in [3.05, 3.63) is 71.6 Å². The van der Waals surface area contributed by atoms with Crippen LogP contribution in [0.2, 0.25) is 5.02 Å². The van der Waals surface area contributed by atoms with Gasteiger partial charge in [0, 0.05) is 60.3 Å². The van der Waals surface area contributed by atoms with Gasteiger partial charge >= 0.3 is 0 Å². The maximum Gasteiger partial charge on any atom is 0.134 e. The van der Waals surface area contributed by atoms with Gasteiger partial charge in [-0.1, -0.05) is 42.8 Å². The Morgan fingerprint density at radius 1 is 1.07 bits per heavy atom. The third-order valence-electron chi connectivity index (χ3n) is 5.94. The molecule has 0 amide bonds. The second-order valence-corrected chi connectivity index (χ2v) is 8.31. The molecule has 1 saturated heterocycles. The standard InChI is InChI=1S/C24H24ClN3O/c1-17(21-16-29-23-7-3-2-6-20(21)23)15-27-9-11-28(12-10-27)22-14-19(25)13-18-5-4-8-26-24(18)22/h2-8,13-14,16-17H,9-12,15H2,1H3.